The van der Waals surface area contributed by atoms with Crippen molar-refractivity contribution in [2.45, 2.75) is 258 Å². The molecule has 0 aromatic carbocycles. The molecule has 0 spiro atoms. The molecule has 0 fully saturated rings. The first-order valence-corrected chi connectivity index (χ1v) is 31.6. The van der Waals surface area contributed by atoms with Crippen LogP contribution in [-0.2, 0) is 28.6 Å². The molecule has 0 rings (SSSR count). The highest BCUT2D eigenvalue weighted by Gasteiger charge is 2.19. The number of carbonyl (C=O) groups excluding carboxylic acids is 3. The number of rotatable bonds is 55. The van der Waals surface area contributed by atoms with Crippen LogP contribution in [0.3, 0.4) is 0 Å². The lowest BCUT2D eigenvalue weighted by atomic mass is 10.1. The van der Waals surface area contributed by atoms with Gasteiger partial charge in [-0.1, -0.05) is 249 Å². The van der Waals surface area contributed by atoms with Crippen molar-refractivity contribution < 1.29 is 28.6 Å². The zero-order valence-electron chi connectivity index (χ0n) is 50.6. The van der Waals surface area contributed by atoms with Gasteiger partial charge in [0.25, 0.3) is 0 Å². The van der Waals surface area contributed by atoms with Crippen molar-refractivity contribution >= 4 is 17.9 Å². The summed E-state index contributed by atoms with van der Waals surface area (Å²) < 4.78 is 16.9. The molecule has 442 valence electrons. The molecule has 1 atom stereocenters. The molecule has 6 nitrogen and oxygen atoms in total. The molecule has 0 amide bonds. The summed E-state index contributed by atoms with van der Waals surface area (Å²) in [6, 6.07) is 0. The van der Waals surface area contributed by atoms with Crippen LogP contribution in [0.1, 0.15) is 252 Å². The van der Waals surface area contributed by atoms with Crippen molar-refractivity contribution in [1.29, 1.82) is 0 Å². The lowest BCUT2D eigenvalue weighted by Gasteiger charge is -2.18. The normalized spacial score (nSPS) is 13.3. The van der Waals surface area contributed by atoms with Crippen LogP contribution in [0, 0.1) is 0 Å². The SMILES string of the molecule is CC/C=C\C/C=C\C/C=C\C/C=C\C/C=C\C/C=C\CCCCCCC(=O)OCC(COC(=O)CCCCCCCC/C=C\C/C=C\C/C=C\CCCCC)OC(=O)CCCCC/C=C\C/C=C\C/C=C\C/C=C\C/C=C\CC. The van der Waals surface area contributed by atoms with Gasteiger partial charge in [-0.15, -0.1) is 0 Å². The zero-order valence-corrected chi connectivity index (χ0v) is 50.6. The topological polar surface area (TPSA) is 78.9 Å². The van der Waals surface area contributed by atoms with Gasteiger partial charge in [-0.2, -0.15) is 0 Å². The van der Waals surface area contributed by atoms with Crippen LogP contribution in [0.5, 0.6) is 0 Å². The quantitative estimate of drug-likeness (QED) is 0.0261. The summed E-state index contributed by atoms with van der Waals surface area (Å²) >= 11 is 0. The van der Waals surface area contributed by atoms with Gasteiger partial charge in [0, 0.05) is 19.3 Å². The summed E-state index contributed by atoms with van der Waals surface area (Å²) in [5.74, 6) is -0.990. The average Bonchev–Trinajstić information content (AvgIpc) is 3.45. The van der Waals surface area contributed by atoms with E-state index >= 15 is 0 Å². The Bertz CT molecular complexity index is 1820. The van der Waals surface area contributed by atoms with E-state index in [1.807, 2.05) is 0 Å². The van der Waals surface area contributed by atoms with Crippen LogP contribution in [0.2, 0.25) is 0 Å². The first kappa shape index (κ1) is 73.8. The molecule has 0 N–H and O–H groups in total. The number of esters is 3. The minimum Gasteiger partial charge on any atom is -0.462 e. The van der Waals surface area contributed by atoms with E-state index in [1.54, 1.807) is 0 Å². The molecule has 79 heavy (non-hydrogen) atoms. The zero-order chi connectivity index (χ0) is 57.1. The second-order valence-electron chi connectivity index (χ2n) is 20.2. The summed E-state index contributed by atoms with van der Waals surface area (Å²) in [6.45, 7) is 6.32. The Hall–Kier alpha value is -5.23. The highest BCUT2D eigenvalue weighted by atomic mass is 16.6. The van der Waals surface area contributed by atoms with Gasteiger partial charge in [0.15, 0.2) is 6.10 Å². The molecule has 0 saturated heterocycles. The second kappa shape index (κ2) is 65.3. The number of hydrogen-bond donors (Lipinski definition) is 0. The highest BCUT2D eigenvalue weighted by molar-refractivity contribution is 5.71. The van der Waals surface area contributed by atoms with Gasteiger partial charge in [-0.05, 0) is 154 Å². The lowest BCUT2D eigenvalue weighted by molar-refractivity contribution is -0.167. The number of carbonyl (C=O) groups is 3. The van der Waals surface area contributed by atoms with E-state index in [4.69, 9.17) is 14.2 Å². The van der Waals surface area contributed by atoms with Gasteiger partial charge in [0.05, 0.1) is 0 Å². The predicted octanol–water partition coefficient (Wildman–Crippen LogP) is 21.9. The van der Waals surface area contributed by atoms with Crippen LogP contribution < -0.4 is 0 Å². The minimum atomic E-state index is -0.824. The van der Waals surface area contributed by atoms with Crippen molar-refractivity contribution in [3.8, 4) is 0 Å². The van der Waals surface area contributed by atoms with Crippen molar-refractivity contribution in [2.75, 3.05) is 13.2 Å². The molecular formula is C73H114O6. The second-order valence-corrected chi connectivity index (χ2v) is 20.2. The maximum Gasteiger partial charge on any atom is 0.306 e. The van der Waals surface area contributed by atoms with Crippen molar-refractivity contribution in [2.24, 2.45) is 0 Å². The lowest BCUT2D eigenvalue weighted by Crippen LogP contribution is -2.30. The Morgan fingerprint density at radius 2 is 0.494 bits per heavy atom. The summed E-state index contributed by atoms with van der Waals surface area (Å²) in [7, 11) is 0. The maximum absolute atomic E-state index is 12.9. The molecule has 0 aromatic rings. The van der Waals surface area contributed by atoms with Crippen LogP contribution in [0.15, 0.2) is 170 Å². The van der Waals surface area contributed by atoms with E-state index in [0.29, 0.717) is 19.3 Å². The van der Waals surface area contributed by atoms with Crippen molar-refractivity contribution in [1.82, 2.24) is 0 Å². The van der Waals surface area contributed by atoms with E-state index in [-0.39, 0.29) is 37.5 Å². The van der Waals surface area contributed by atoms with E-state index < -0.39 is 6.10 Å². The Morgan fingerprint density at radius 1 is 0.266 bits per heavy atom. The molecule has 6 heteroatoms. The molecule has 0 aliphatic heterocycles. The Labute approximate surface area is 485 Å². The summed E-state index contributed by atoms with van der Waals surface area (Å²) in [5, 5.41) is 0. The van der Waals surface area contributed by atoms with Crippen LogP contribution in [-0.4, -0.2) is 37.2 Å². The van der Waals surface area contributed by atoms with Crippen molar-refractivity contribution in [3.63, 3.8) is 0 Å². The molecular weight excluding hydrogens is 973 g/mol. The fraction of sp³-hybridized carbons (Fsp3) is 0.575. The van der Waals surface area contributed by atoms with E-state index in [9.17, 15) is 14.4 Å². The molecule has 0 heterocycles. The Kier molecular flexibility index (Phi) is 61.0. The monoisotopic (exact) mass is 1090 g/mol. The van der Waals surface area contributed by atoms with Gasteiger partial charge in [-0.25, -0.2) is 0 Å². The first-order chi connectivity index (χ1) is 39.0. The third-order valence-corrected chi connectivity index (χ3v) is 12.7. The van der Waals surface area contributed by atoms with Gasteiger partial charge in [-0.3, -0.25) is 14.4 Å². The average molecular weight is 1090 g/mol. The maximum atomic E-state index is 12.9. The van der Waals surface area contributed by atoms with E-state index in [0.717, 1.165) is 167 Å². The first-order valence-electron chi connectivity index (χ1n) is 31.6. The van der Waals surface area contributed by atoms with Crippen molar-refractivity contribution in [3.05, 3.63) is 170 Å². The van der Waals surface area contributed by atoms with Crippen LogP contribution >= 0.6 is 0 Å². The largest absolute Gasteiger partial charge is 0.462 e. The molecule has 0 radical (unpaired) electrons. The fourth-order valence-corrected chi connectivity index (χ4v) is 8.01. The smallest absolute Gasteiger partial charge is 0.306 e. The summed E-state index contributed by atoms with van der Waals surface area (Å²) in [4.78, 5) is 38.4. The van der Waals surface area contributed by atoms with E-state index in [2.05, 4.69) is 191 Å². The van der Waals surface area contributed by atoms with Gasteiger partial charge in [0.2, 0.25) is 0 Å². The fourth-order valence-electron chi connectivity index (χ4n) is 8.01. The Morgan fingerprint density at radius 3 is 0.785 bits per heavy atom. The number of ether oxygens (including phenoxy) is 3. The van der Waals surface area contributed by atoms with Crippen LogP contribution in [0.4, 0.5) is 0 Å². The predicted molar refractivity (Wildman–Crippen MR) is 343 cm³/mol. The van der Waals surface area contributed by atoms with Gasteiger partial charge in [0.1, 0.15) is 13.2 Å². The number of unbranched alkanes of at least 4 members (excludes halogenated alkanes) is 16. The van der Waals surface area contributed by atoms with Crippen LogP contribution in [0.25, 0.3) is 0 Å². The molecule has 0 aliphatic rings. The molecule has 0 aromatic heterocycles. The number of allylic oxidation sites excluding steroid dienone is 28. The standard InChI is InChI=1S/C73H114O6/c1-4-7-10-13-16-19-22-25-28-31-34-35-36-37-40-42-45-48-51-54-57-60-63-66-72(75)78-69-70(79-73(76)67-64-61-58-55-52-49-46-43-39-33-30-27-24-21-18-15-12-9-6-3)68-77-71(74)65-62-59-56-53-50-47-44-41-38-32-29-26-23-20-17-14-11-8-5-2/h7,9-10,12,16-21,25-30,34-35,37-41,43,45,48-49,52,70H,4-6,8,11,13-15,22-24,31-33,36,42,44,46-47,50-51,53-69H2,1-3H3/b10-7-,12-9-,19-16-,20-17-,21-18-,28-25-,29-26-,30-27-,35-34-,40-37-,41-38-,43-39-,48-45-,52-49-. The number of hydrogen-bond acceptors (Lipinski definition) is 6. The molecule has 0 aliphatic carbocycles. The minimum absolute atomic E-state index is 0.115. The highest BCUT2D eigenvalue weighted by Crippen LogP contribution is 2.13. The third kappa shape index (κ3) is 63.5. The summed E-state index contributed by atoms with van der Waals surface area (Å²) in [5.41, 5.74) is 0. The van der Waals surface area contributed by atoms with E-state index in [1.165, 1.54) is 38.5 Å². The summed E-state index contributed by atoms with van der Waals surface area (Å²) in [6.07, 6.45) is 96.3. The molecule has 0 saturated carbocycles. The Balaban J connectivity index is 4.56. The molecule has 1 unspecified atom stereocenters. The molecule has 0 bridgehead atoms. The third-order valence-electron chi connectivity index (χ3n) is 12.7. The van der Waals surface area contributed by atoms with Gasteiger partial charge < -0.3 is 14.2 Å². The van der Waals surface area contributed by atoms with Gasteiger partial charge >= 0.3 is 17.9 Å².